The largest absolute Gasteiger partial charge is 0.297 e. The van der Waals surface area contributed by atoms with Crippen molar-refractivity contribution in [1.82, 2.24) is 5.48 Å². The van der Waals surface area contributed by atoms with Crippen LogP contribution >= 0.6 is 12.4 Å². The van der Waals surface area contributed by atoms with E-state index < -0.39 is 0 Å². The molecular formula is C14H18ClNO. The van der Waals surface area contributed by atoms with E-state index in [1.807, 2.05) is 18.2 Å². The third-order valence-corrected chi connectivity index (χ3v) is 2.60. The van der Waals surface area contributed by atoms with Crippen molar-refractivity contribution < 1.29 is 4.84 Å². The molecule has 1 atom stereocenters. The number of halogens is 1. The van der Waals surface area contributed by atoms with Crippen LogP contribution in [0.15, 0.2) is 54.6 Å². The zero-order valence-electron chi connectivity index (χ0n) is 9.71. The first-order valence-electron chi connectivity index (χ1n) is 5.67. The van der Waals surface area contributed by atoms with Gasteiger partial charge < -0.3 is 0 Å². The standard InChI is InChI=1S/C14H17NO.ClH/c1-3-7-13(8-4-1)11-15-16-12-14-9-5-2-6-10-14;/h1-7,9-10,13,15H,8,11-12H2;1H. The summed E-state index contributed by atoms with van der Waals surface area (Å²) in [5.41, 5.74) is 4.21. The first kappa shape index (κ1) is 14.0. The number of hydrogen-bond donors (Lipinski definition) is 1. The molecule has 1 aliphatic rings. The van der Waals surface area contributed by atoms with Gasteiger partial charge in [0.25, 0.3) is 0 Å². The van der Waals surface area contributed by atoms with Gasteiger partial charge in [0, 0.05) is 6.54 Å². The van der Waals surface area contributed by atoms with Crippen molar-refractivity contribution >= 4 is 12.4 Å². The molecule has 1 aromatic carbocycles. The second-order valence-electron chi connectivity index (χ2n) is 3.93. The summed E-state index contributed by atoms with van der Waals surface area (Å²) in [6, 6.07) is 10.2. The van der Waals surface area contributed by atoms with Gasteiger partial charge in [0.15, 0.2) is 0 Å². The van der Waals surface area contributed by atoms with E-state index in [0.29, 0.717) is 12.5 Å². The Balaban J connectivity index is 0.00000144. The van der Waals surface area contributed by atoms with Gasteiger partial charge in [0.1, 0.15) is 0 Å². The fourth-order valence-corrected chi connectivity index (χ4v) is 1.66. The lowest BCUT2D eigenvalue weighted by Crippen LogP contribution is -2.22. The Morgan fingerprint density at radius 2 is 2.00 bits per heavy atom. The maximum Gasteiger partial charge on any atom is 0.0933 e. The molecule has 0 aromatic heterocycles. The first-order chi connectivity index (χ1) is 7.95. The first-order valence-corrected chi connectivity index (χ1v) is 5.67. The summed E-state index contributed by atoms with van der Waals surface area (Å²) in [7, 11) is 0. The maximum absolute atomic E-state index is 5.41. The molecule has 0 amide bonds. The van der Waals surface area contributed by atoms with Crippen LogP contribution in [0.5, 0.6) is 0 Å². The Kier molecular flexibility index (Phi) is 6.63. The molecule has 2 nitrogen and oxygen atoms in total. The molecular weight excluding hydrogens is 234 g/mol. The fourth-order valence-electron chi connectivity index (χ4n) is 1.66. The van der Waals surface area contributed by atoms with Gasteiger partial charge in [0.2, 0.25) is 0 Å². The average molecular weight is 252 g/mol. The van der Waals surface area contributed by atoms with Crippen molar-refractivity contribution in [3.8, 4) is 0 Å². The summed E-state index contributed by atoms with van der Waals surface area (Å²) in [5, 5.41) is 0. The van der Waals surface area contributed by atoms with Crippen molar-refractivity contribution in [3.05, 3.63) is 60.2 Å². The summed E-state index contributed by atoms with van der Waals surface area (Å²) in [6.45, 7) is 1.49. The SMILES string of the molecule is C1=CCC(CNOCc2ccccc2)C=C1.Cl. The van der Waals surface area contributed by atoms with Gasteiger partial charge in [-0.15, -0.1) is 12.4 Å². The quantitative estimate of drug-likeness (QED) is 0.641. The summed E-state index contributed by atoms with van der Waals surface area (Å²) in [5.74, 6) is 0.556. The third kappa shape index (κ3) is 5.18. The number of nitrogens with one attached hydrogen (secondary N) is 1. The lowest BCUT2D eigenvalue weighted by Gasteiger charge is -2.13. The lowest BCUT2D eigenvalue weighted by molar-refractivity contribution is 0.0228. The minimum Gasteiger partial charge on any atom is -0.297 e. The van der Waals surface area contributed by atoms with Crippen LogP contribution in [0.3, 0.4) is 0 Å². The van der Waals surface area contributed by atoms with Crippen molar-refractivity contribution in [2.75, 3.05) is 6.54 Å². The predicted octanol–water partition coefficient (Wildman–Crippen LogP) is 3.26. The van der Waals surface area contributed by atoms with Gasteiger partial charge >= 0.3 is 0 Å². The molecule has 1 N–H and O–H groups in total. The summed E-state index contributed by atoms with van der Waals surface area (Å²) < 4.78 is 0. The minimum absolute atomic E-state index is 0. The van der Waals surface area contributed by atoms with E-state index in [9.17, 15) is 0 Å². The lowest BCUT2D eigenvalue weighted by atomic mass is 10.0. The van der Waals surface area contributed by atoms with Gasteiger partial charge in [-0.2, -0.15) is 0 Å². The van der Waals surface area contributed by atoms with Gasteiger partial charge in [-0.05, 0) is 17.9 Å². The van der Waals surface area contributed by atoms with Crippen molar-refractivity contribution in [1.29, 1.82) is 0 Å². The van der Waals surface area contributed by atoms with Gasteiger partial charge in [0.05, 0.1) is 6.61 Å². The molecule has 0 bridgehead atoms. The Hall–Kier alpha value is -1.09. The highest BCUT2D eigenvalue weighted by atomic mass is 35.5. The molecule has 1 unspecified atom stereocenters. The molecule has 17 heavy (non-hydrogen) atoms. The smallest absolute Gasteiger partial charge is 0.0933 e. The average Bonchev–Trinajstić information content (AvgIpc) is 2.37. The topological polar surface area (TPSA) is 21.3 Å². The van der Waals surface area contributed by atoms with Crippen molar-refractivity contribution in [2.24, 2.45) is 5.92 Å². The molecule has 0 radical (unpaired) electrons. The van der Waals surface area contributed by atoms with Crippen LogP contribution in [0.1, 0.15) is 12.0 Å². The Labute approximate surface area is 109 Å². The summed E-state index contributed by atoms with van der Waals surface area (Å²) in [6.07, 6.45) is 9.66. The molecule has 0 saturated heterocycles. The van der Waals surface area contributed by atoms with E-state index in [4.69, 9.17) is 4.84 Å². The van der Waals surface area contributed by atoms with Crippen LogP contribution < -0.4 is 5.48 Å². The number of hydrogen-bond acceptors (Lipinski definition) is 2. The van der Waals surface area contributed by atoms with E-state index in [1.165, 1.54) is 5.56 Å². The molecule has 0 heterocycles. The van der Waals surface area contributed by atoms with Crippen LogP contribution in [0.25, 0.3) is 0 Å². The predicted molar refractivity (Wildman–Crippen MR) is 72.9 cm³/mol. The second-order valence-corrected chi connectivity index (χ2v) is 3.93. The maximum atomic E-state index is 5.41. The Morgan fingerprint density at radius 1 is 1.18 bits per heavy atom. The Bertz CT molecular complexity index is 362. The van der Waals surface area contributed by atoms with E-state index in [1.54, 1.807) is 0 Å². The van der Waals surface area contributed by atoms with Crippen LogP contribution in [0, 0.1) is 5.92 Å². The number of allylic oxidation sites excluding steroid dienone is 3. The minimum atomic E-state index is 0. The highest BCUT2D eigenvalue weighted by molar-refractivity contribution is 5.85. The number of benzene rings is 1. The number of hydroxylamine groups is 1. The molecule has 0 aliphatic heterocycles. The van der Waals surface area contributed by atoms with E-state index in [-0.39, 0.29) is 12.4 Å². The van der Waals surface area contributed by atoms with Crippen molar-refractivity contribution in [2.45, 2.75) is 13.0 Å². The van der Waals surface area contributed by atoms with Crippen LogP contribution in [0.4, 0.5) is 0 Å². The molecule has 92 valence electrons. The van der Waals surface area contributed by atoms with Gasteiger partial charge in [-0.25, -0.2) is 5.48 Å². The molecule has 0 spiro atoms. The van der Waals surface area contributed by atoms with Crippen LogP contribution in [-0.4, -0.2) is 6.54 Å². The van der Waals surface area contributed by atoms with Crippen molar-refractivity contribution in [3.63, 3.8) is 0 Å². The van der Waals surface area contributed by atoms with E-state index in [0.717, 1.165) is 13.0 Å². The third-order valence-electron chi connectivity index (χ3n) is 2.60. The summed E-state index contributed by atoms with van der Waals surface area (Å²) in [4.78, 5) is 5.41. The molecule has 3 heteroatoms. The molecule has 0 fully saturated rings. The van der Waals surface area contributed by atoms with E-state index in [2.05, 4.69) is 41.9 Å². The Morgan fingerprint density at radius 3 is 2.71 bits per heavy atom. The summed E-state index contributed by atoms with van der Waals surface area (Å²) >= 11 is 0. The van der Waals surface area contributed by atoms with Crippen LogP contribution in [-0.2, 0) is 11.4 Å². The molecule has 1 aliphatic carbocycles. The second kappa shape index (κ2) is 8.07. The molecule has 0 saturated carbocycles. The highest BCUT2D eigenvalue weighted by Gasteiger charge is 2.04. The normalized spacial score (nSPS) is 17.8. The zero-order valence-corrected chi connectivity index (χ0v) is 10.5. The number of rotatable bonds is 5. The van der Waals surface area contributed by atoms with E-state index >= 15 is 0 Å². The van der Waals surface area contributed by atoms with Gasteiger partial charge in [-0.1, -0.05) is 54.6 Å². The molecule has 2 rings (SSSR count). The highest BCUT2D eigenvalue weighted by Crippen LogP contribution is 2.09. The zero-order chi connectivity index (χ0) is 11.1. The monoisotopic (exact) mass is 251 g/mol. The van der Waals surface area contributed by atoms with Gasteiger partial charge in [-0.3, -0.25) is 4.84 Å². The van der Waals surface area contributed by atoms with Crippen LogP contribution in [0.2, 0.25) is 0 Å². The fraction of sp³-hybridized carbons (Fsp3) is 0.286. The molecule has 1 aromatic rings.